The van der Waals surface area contributed by atoms with Crippen molar-refractivity contribution in [2.75, 3.05) is 6.54 Å². The predicted molar refractivity (Wildman–Crippen MR) is 76.7 cm³/mol. The maximum atomic E-state index is 11.9. The fourth-order valence-electron chi connectivity index (χ4n) is 2.49. The third-order valence-corrected chi connectivity index (χ3v) is 4.32. The molecule has 0 bridgehead atoms. The van der Waals surface area contributed by atoms with Crippen LogP contribution in [0.3, 0.4) is 0 Å². The highest BCUT2D eigenvalue weighted by molar-refractivity contribution is 9.10. The van der Waals surface area contributed by atoms with Gasteiger partial charge in [-0.3, -0.25) is 4.79 Å². The number of halogens is 1. The molecule has 0 aliphatic carbocycles. The highest BCUT2D eigenvalue weighted by Crippen LogP contribution is 2.24. The minimum Gasteiger partial charge on any atom is -0.337 e. The third kappa shape index (κ3) is 2.03. The number of benzene rings is 2. The number of likely N-dealkylation sites (tertiary alicyclic amines) is 1. The second-order valence-corrected chi connectivity index (χ2v) is 5.76. The minimum atomic E-state index is 0.00692. The Morgan fingerprint density at radius 2 is 1.94 bits per heavy atom. The van der Waals surface area contributed by atoms with E-state index in [1.54, 1.807) is 0 Å². The molecular weight excluding hydrogens is 290 g/mol. The smallest absolute Gasteiger partial charge is 0.236 e. The normalized spacial score (nSPS) is 19.7. The number of carbonyl (C=O) groups is 1. The standard InChI is InChI=1S/C15H14BrNO/c16-14-8-9-17(15(14)18)10-12-6-3-5-11-4-1-2-7-13(11)12/h1-7,14H,8-10H2. The Hall–Kier alpha value is -1.35. The summed E-state index contributed by atoms with van der Waals surface area (Å²) >= 11 is 3.42. The zero-order valence-electron chi connectivity index (χ0n) is 9.97. The molecule has 1 fully saturated rings. The highest BCUT2D eigenvalue weighted by atomic mass is 79.9. The van der Waals surface area contributed by atoms with Gasteiger partial charge >= 0.3 is 0 Å². The number of hydrogen-bond donors (Lipinski definition) is 0. The van der Waals surface area contributed by atoms with Crippen molar-refractivity contribution >= 4 is 32.6 Å². The van der Waals surface area contributed by atoms with Crippen LogP contribution in [0.1, 0.15) is 12.0 Å². The van der Waals surface area contributed by atoms with Crippen LogP contribution in [0.2, 0.25) is 0 Å². The van der Waals surface area contributed by atoms with Gasteiger partial charge in [-0.2, -0.15) is 0 Å². The summed E-state index contributed by atoms with van der Waals surface area (Å²) in [5.74, 6) is 0.211. The summed E-state index contributed by atoms with van der Waals surface area (Å²) in [4.78, 5) is 13.9. The van der Waals surface area contributed by atoms with E-state index in [9.17, 15) is 4.79 Å². The van der Waals surface area contributed by atoms with Crippen molar-refractivity contribution in [2.24, 2.45) is 0 Å². The first-order valence-corrected chi connectivity index (χ1v) is 7.07. The molecule has 3 rings (SSSR count). The van der Waals surface area contributed by atoms with Crippen LogP contribution < -0.4 is 0 Å². The van der Waals surface area contributed by atoms with Crippen LogP contribution in [0.5, 0.6) is 0 Å². The lowest BCUT2D eigenvalue weighted by atomic mass is 10.0. The fourth-order valence-corrected chi connectivity index (χ4v) is 2.99. The number of amides is 1. The van der Waals surface area contributed by atoms with Gasteiger partial charge in [0.05, 0.1) is 4.83 Å². The van der Waals surface area contributed by atoms with Gasteiger partial charge in [-0.15, -0.1) is 0 Å². The van der Waals surface area contributed by atoms with Crippen LogP contribution in [-0.2, 0) is 11.3 Å². The van der Waals surface area contributed by atoms with E-state index in [0.717, 1.165) is 13.0 Å². The maximum Gasteiger partial charge on any atom is 0.236 e. The van der Waals surface area contributed by atoms with E-state index in [1.807, 2.05) is 17.0 Å². The Labute approximate surface area is 115 Å². The summed E-state index contributed by atoms with van der Waals surface area (Å²) in [6.45, 7) is 1.56. The Morgan fingerprint density at radius 3 is 2.72 bits per heavy atom. The Morgan fingerprint density at radius 1 is 1.17 bits per heavy atom. The Bertz CT molecular complexity index is 591. The summed E-state index contributed by atoms with van der Waals surface area (Å²) in [7, 11) is 0. The van der Waals surface area contributed by atoms with Crippen molar-refractivity contribution in [3.05, 3.63) is 48.0 Å². The van der Waals surface area contributed by atoms with E-state index in [-0.39, 0.29) is 10.7 Å². The molecule has 1 amide bonds. The molecule has 92 valence electrons. The zero-order valence-corrected chi connectivity index (χ0v) is 11.6. The largest absolute Gasteiger partial charge is 0.337 e. The Kier molecular flexibility index (Phi) is 3.08. The molecule has 1 saturated heterocycles. The van der Waals surface area contributed by atoms with E-state index in [1.165, 1.54) is 16.3 Å². The van der Waals surface area contributed by atoms with Crippen molar-refractivity contribution in [1.29, 1.82) is 0 Å². The quantitative estimate of drug-likeness (QED) is 0.779. The maximum absolute atomic E-state index is 11.9. The monoisotopic (exact) mass is 303 g/mol. The Balaban J connectivity index is 1.93. The molecule has 1 heterocycles. The van der Waals surface area contributed by atoms with Gasteiger partial charge in [0.25, 0.3) is 0 Å². The van der Waals surface area contributed by atoms with Crippen molar-refractivity contribution in [2.45, 2.75) is 17.8 Å². The first kappa shape index (κ1) is 11.7. The van der Waals surface area contributed by atoms with E-state index < -0.39 is 0 Å². The average molecular weight is 304 g/mol. The van der Waals surface area contributed by atoms with Gasteiger partial charge in [-0.25, -0.2) is 0 Å². The summed E-state index contributed by atoms with van der Waals surface area (Å²) in [5.41, 5.74) is 1.23. The lowest BCUT2D eigenvalue weighted by Gasteiger charge is -2.17. The van der Waals surface area contributed by atoms with E-state index in [0.29, 0.717) is 6.54 Å². The summed E-state index contributed by atoms with van der Waals surface area (Å²) in [6, 6.07) is 14.6. The number of fused-ring (bicyclic) bond motifs is 1. The number of rotatable bonds is 2. The number of carbonyl (C=O) groups excluding carboxylic acids is 1. The summed E-state index contributed by atoms with van der Waals surface area (Å²) < 4.78 is 0. The van der Waals surface area contributed by atoms with Gasteiger partial charge in [0.1, 0.15) is 0 Å². The molecule has 1 aliphatic rings. The van der Waals surface area contributed by atoms with Crippen molar-refractivity contribution < 1.29 is 4.79 Å². The topological polar surface area (TPSA) is 20.3 Å². The molecular formula is C15H14BrNO. The van der Waals surface area contributed by atoms with Crippen LogP contribution in [0, 0.1) is 0 Å². The lowest BCUT2D eigenvalue weighted by molar-refractivity contribution is -0.127. The van der Waals surface area contributed by atoms with Crippen LogP contribution >= 0.6 is 15.9 Å². The molecule has 2 aromatic carbocycles. The molecule has 1 unspecified atom stereocenters. The second kappa shape index (κ2) is 4.73. The number of alkyl halides is 1. The highest BCUT2D eigenvalue weighted by Gasteiger charge is 2.29. The molecule has 0 N–H and O–H groups in total. The number of nitrogens with zero attached hydrogens (tertiary/aromatic N) is 1. The van der Waals surface area contributed by atoms with Crippen molar-refractivity contribution in [3.63, 3.8) is 0 Å². The third-order valence-electron chi connectivity index (χ3n) is 3.47. The predicted octanol–water partition coefficient (Wildman–Crippen LogP) is 3.34. The fraction of sp³-hybridized carbons (Fsp3) is 0.267. The van der Waals surface area contributed by atoms with E-state index in [4.69, 9.17) is 0 Å². The van der Waals surface area contributed by atoms with Crippen LogP contribution in [-0.4, -0.2) is 22.2 Å². The van der Waals surface area contributed by atoms with Crippen LogP contribution in [0.15, 0.2) is 42.5 Å². The lowest BCUT2D eigenvalue weighted by Crippen LogP contribution is -2.27. The van der Waals surface area contributed by atoms with Gasteiger partial charge in [0, 0.05) is 13.1 Å². The van der Waals surface area contributed by atoms with Gasteiger partial charge in [0.2, 0.25) is 5.91 Å². The molecule has 1 aliphatic heterocycles. The number of hydrogen-bond acceptors (Lipinski definition) is 1. The summed E-state index contributed by atoms with van der Waals surface area (Å²) in [6.07, 6.45) is 0.906. The molecule has 0 radical (unpaired) electrons. The molecule has 18 heavy (non-hydrogen) atoms. The van der Waals surface area contributed by atoms with E-state index >= 15 is 0 Å². The molecule has 3 heteroatoms. The van der Waals surface area contributed by atoms with Gasteiger partial charge in [-0.1, -0.05) is 58.4 Å². The van der Waals surface area contributed by atoms with Gasteiger partial charge in [0.15, 0.2) is 0 Å². The molecule has 0 saturated carbocycles. The van der Waals surface area contributed by atoms with Crippen LogP contribution in [0.4, 0.5) is 0 Å². The molecule has 0 aromatic heterocycles. The van der Waals surface area contributed by atoms with Crippen LogP contribution in [0.25, 0.3) is 10.8 Å². The molecule has 0 spiro atoms. The second-order valence-electron chi connectivity index (χ2n) is 4.65. The molecule has 2 aromatic rings. The van der Waals surface area contributed by atoms with Crippen molar-refractivity contribution in [1.82, 2.24) is 4.90 Å². The first-order chi connectivity index (χ1) is 8.75. The molecule has 2 nitrogen and oxygen atoms in total. The first-order valence-electron chi connectivity index (χ1n) is 6.15. The van der Waals surface area contributed by atoms with Crippen molar-refractivity contribution in [3.8, 4) is 0 Å². The van der Waals surface area contributed by atoms with Gasteiger partial charge in [-0.05, 0) is 22.8 Å². The summed E-state index contributed by atoms with van der Waals surface area (Å²) in [5, 5.41) is 2.47. The SMILES string of the molecule is O=C1C(Br)CCN1Cc1cccc2ccccc12. The average Bonchev–Trinajstić information content (AvgIpc) is 2.71. The molecule has 1 atom stereocenters. The van der Waals surface area contributed by atoms with Gasteiger partial charge < -0.3 is 4.90 Å². The zero-order chi connectivity index (χ0) is 12.5. The van der Waals surface area contributed by atoms with E-state index in [2.05, 4.69) is 46.3 Å². The minimum absolute atomic E-state index is 0.00692.